The third-order valence-corrected chi connectivity index (χ3v) is 3.16. The van der Waals surface area contributed by atoms with Crippen LogP contribution in [0, 0.1) is 12.3 Å². The minimum Gasteiger partial charge on any atom is -0.466 e. The summed E-state index contributed by atoms with van der Waals surface area (Å²) in [5.74, 6) is 2.37. The fourth-order valence-corrected chi connectivity index (χ4v) is 2.07. The van der Waals surface area contributed by atoms with Gasteiger partial charge in [-0.05, 0) is 29.2 Å². The van der Waals surface area contributed by atoms with Gasteiger partial charge in [0.25, 0.3) is 0 Å². The van der Waals surface area contributed by atoms with Gasteiger partial charge in [-0.1, -0.05) is 42.5 Å². The summed E-state index contributed by atoms with van der Waals surface area (Å²) in [4.78, 5) is 11.6. The number of ether oxygens (including phenoxy) is 1. The second-order valence-electron chi connectivity index (χ2n) is 4.71. The van der Waals surface area contributed by atoms with Gasteiger partial charge in [-0.15, -0.1) is 12.3 Å². The number of aryl methyl sites for hydroxylation is 1. The first-order valence-corrected chi connectivity index (χ1v) is 6.86. The topological polar surface area (TPSA) is 26.3 Å². The van der Waals surface area contributed by atoms with Gasteiger partial charge in [0.1, 0.15) is 0 Å². The summed E-state index contributed by atoms with van der Waals surface area (Å²) in [5, 5.41) is 2.42. The van der Waals surface area contributed by atoms with Crippen molar-refractivity contribution in [3.8, 4) is 12.3 Å². The van der Waals surface area contributed by atoms with E-state index in [9.17, 15) is 4.79 Å². The summed E-state index contributed by atoms with van der Waals surface area (Å²) >= 11 is 0. The van der Waals surface area contributed by atoms with Crippen molar-refractivity contribution in [1.29, 1.82) is 0 Å². The largest absolute Gasteiger partial charge is 0.466 e. The highest BCUT2D eigenvalue weighted by Crippen LogP contribution is 2.16. The van der Waals surface area contributed by atoms with Crippen LogP contribution in [0.2, 0.25) is 0 Å². The van der Waals surface area contributed by atoms with E-state index in [0.717, 1.165) is 12.0 Å². The summed E-state index contributed by atoms with van der Waals surface area (Å²) in [6.07, 6.45) is 7.64. The maximum Gasteiger partial charge on any atom is 0.306 e. The molecule has 0 radical (unpaired) electrons. The van der Waals surface area contributed by atoms with Crippen molar-refractivity contribution in [2.75, 3.05) is 6.61 Å². The normalized spacial score (nSPS) is 10.2. The highest BCUT2D eigenvalue weighted by atomic mass is 16.5. The maximum atomic E-state index is 11.6. The molecule has 0 unspecified atom stereocenters. The lowest BCUT2D eigenvalue weighted by atomic mass is 10.0. The molecule has 0 saturated heterocycles. The molecule has 2 aromatic carbocycles. The van der Waals surface area contributed by atoms with Crippen LogP contribution in [0.4, 0.5) is 0 Å². The molecule has 0 spiro atoms. The lowest BCUT2D eigenvalue weighted by Crippen LogP contribution is -2.06. The van der Waals surface area contributed by atoms with Crippen LogP contribution in [0.3, 0.4) is 0 Å². The lowest BCUT2D eigenvalue weighted by molar-refractivity contribution is -0.143. The molecular formula is C18H18O2. The smallest absolute Gasteiger partial charge is 0.306 e. The predicted octanol–water partition coefficient (Wildman–Crippen LogP) is 3.73. The SMILES string of the molecule is C#CCCCOC(=O)CCc1ccc2ccccc2c1. The van der Waals surface area contributed by atoms with Crippen LogP contribution in [0.15, 0.2) is 42.5 Å². The molecule has 0 heterocycles. The number of rotatable bonds is 6. The Morgan fingerprint density at radius 3 is 2.75 bits per heavy atom. The Morgan fingerprint density at radius 1 is 1.15 bits per heavy atom. The second kappa shape index (κ2) is 7.35. The van der Waals surface area contributed by atoms with Crippen molar-refractivity contribution in [2.24, 2.45) is 0 Å². The number of unbranched alkanes of at least 4 members (excludes halogenated alkanes) is 1. The van der Waals surface area contributed by atoms with E-state index in [1.54, 1.807) is 0 Å². The van der Waals surface area contributed by atoms with Gasteiger partial charge in [0.2, 0.25) is 0 Å². The number of fused-ring (bicyclic) bond motifs is 1. The third kappa shape index (κ3) is 4.13. The minimum absolute atomic E-state index is 0.157. The summed E-state index contributed by atoms with van der Waals surface area (Å²) in [6, 6.07) is 14.5. The number of benzene rings is 2. The van der Waals surface area contributed by atoms with E-state index in [4.69, 9.17) is 11.2 Å². The van der Waals surface area contributed by atoms with Crippen LogP contribution in [0.1, 0.15) is 24.8 Å². The number of esters is 1. The zero-order valence-electron chi connectivity index (χ0n) is 11.5. The van der Waals surface area contributed by atoms with Crippen molar-refractivity contribution < 1.29 is 9.53 Å². The first-order valence-electron chi connectivity index (χ1n) is 6.86. The molecule has 2 nitrogen and oxygen atoms in total. The average molecular weight is 266 g/mol. The van der Waals surface area contributed by atoms with Crippen LogP contribution in [0.25, 0.3) is 10.8 Å². The highest BCUT2D eigenvalue weighted by Gasteiger charge is 2.04. The van der Waals surface area contributed by atoms with Crippen molar-refractivity contribution in [2.45, 2.75) is 25.7 Å². The quantitative estimate of drug-likeness (QED) is 0.452. The molecule has 2 rings (SSSR count). The maximum absolute atomic E-state index is 11.6. The third-order valence-electron chi connectivity index (χ3n) is 3.16. The van der Waals surface area contributed by atoms with Crippen molar-refractivity contribution in [3.05, 3.63) is 48.0 Å². The Balaban J connectivity index is 1.83. The standard InChI is InChI=1S/C18H18O2/c1-2-3-6-13-20-18(19)12-10-15-9-11-16-7-4-5-8-17(16)14-15/h1,4-5,7-9,11,14H,3,6,10,12-13H2. The minimum atomic E-state index is -0.157. The Kier molecular flexibility index (Phi) is 5.20. The van der Waals surface area contributed by atoms with E-state index in [0.29, 0.717) is 25.9 Å². The summed E-state index contributed by atoms with van der Waals surface area (Å²) in [7, 11) is 0. The molecule has 102 valence electrons. The lowest BCUT2D eigenvalue weighted by Gasteiger charge is -2.05. The summed E-state index contributed by atoms with van der Waals surface area (Å²) in [6.45, 7) is 0.417. The second-order valence-corrected chi connectivity index (χ2v) is 4.71. The molecule has 0 amide bonds. The number of hydrogen-bond donors (Lipinski definition) is 0. The molecule has 2 aromatic rings. The fraction of sp³-hybridized carbons (Fsp3) is 0.278. The first-order chi connectivity index (χ1) is 9.79. The Labute approximate surface area is 119 Å². The van der Waals surface area contributed by atoms with Crippen molar-refractivity contribution >= 4 is 16.7 Å². The molecule has 20 heavy (non-hydrogen) atoms. The molecule has 0 N–H and O–H groups in total. The fourth-order valence-electron chi connectivity index (χ4n) is 2.07. The Hall–Kier alpha value is -2.27. The van der Waals surface area contributed by atoms with Gasteiger partial charge >= 0.3 is 5.97 Å². The van der Waals surface area contributed by atoms with E-state index in [-0.39, 0.29) is 5.97 Å². The van der Waals surface area contributed by atoms with Gasteiger partial charge in [0.05, 0.1) is 6.61 Å². The van der Waals surface area contributed by atoms with Gasteiger partial charge in [-0.25, -0.2) is 0 Å². The van der Waals surface area contributed by atoms with Crippen LogP contribution >= 0.6 is 0 Å². The summed E-state index contributed by atoms with van der Waals surface area (Å²) < 4.78 is 5.12. The Bertz CT molecular complexity index is 623. The molecule has 0 aromatic heterocycles. The number of terminal acetylenes is 1. The monoisotopic (exact) mass is 266 g/mol. The van der Waals surface area contributed by atoms with Crippen LogP contribution in [-0.2, 0) is 16.0 Å². The van der Waals surface area contributed by atoms with Crippen LogP contribution < -0.4 is 0 Å². The van der Waals surface area contributed by atoms with Gasteiger partial charge in [0.15, 0.2) is 0 Å². The molecule has 0 aliphatic rings. The van der Waals surface area contributed by atoms with E-state index in [2.05, 4.69) is 36.3 Å². The number of carbonyl (C=O) groups is 1. The van der Waals surface area contributed by atoms with Crippen molar-refractivity contribution in [1.82, 2.24) is 0 Å². The van der Waals surface area contributed by atoms with E-state index < -0.39 is 0 Å². The molecule has 0 aliphatic heterocycles. The van der Waals surface area contributed by atoms with Crippen molar-refractivity contribution in [3.63, 3.8) is 0 Å². The predicted molar refractivity (Wildman–Crippen MR) is 81.3 cm³/mol. The average Bonchev–Trinajstić information content (AvgIpc) is 2.49. The van der Waals surface area contributed by atoms with Crippen LogP contribution in [-0.4, -0.2) is 12.6 Å². The summed E-state index contributed by atoms with van der Waals surface area (Å²) in [5.41, 5.74) is 1.16. The molecule has 0 fully saturated rings. The van der Waals surface area contributed by atoms with Crippen LogP contribution in [0.5, 0.6) is 0 Å². The first kappa shape index (κ1) is 14.1. The molecule has 0 saturated carbocycles. The van der Waals surface area contributed by atoms with Gasteiger partial charge < -0.3 is 4.74 Å². The number of hydrogen-bond acceptors (Lipinski definition) is 2. The molecule has 0 aliphatic carbocycles. The zero-order valence-corrected chi connectivity index (χ0v) is 11.5. The Morgan fingerprint density at radius 2 is 1.95 bits per heavy atom. The van der Waals surface area contributed by atoms with Gasteiger partial charge in [0, 0.05) is 12.8 Å². The van der Waals surface area contributed by atoms with E-state index in [1.807, 2.05) is 12.1 Å². The molecule has 0 atom stereocenters. The number of carbonyl (C=O) groups excluding carboxylic acids is 1. The molecular weight excluding hydrogens is 248 g/mol. The van der Waals surface area contributed by atoms with E-state index >= 15 is 0 Å². The van der Waals surface area contributed by atoms with Gasteiger partial charge in [-0.3, -0.25) is 4.79 Å². The molecule has 2 heteroatoms. The zero-order chi connectivity index (χ0) is 14.2. The highest BCUT2D eigenvalue weighted by molar-refractivity contribution is 5.83. The van der Waals surface area contributed by atoms with E-state index in [1.165, 1.54) is 10.8 Å². The van der Waals surface area contributed by atoms with Gasteiger partial charge in [-0.2, -0.15) is 0 Å². The molecule has 0 bridgehead atoms.